The lowest BCUT2D eigenvalue weighted by molar-refractivity contribution is -0.116. The molecular weight excluding hydrogens is 389 g/mol. The van der Waals surface area contributed by atoms with Crippen molar-refractivity contribution in [1.29, 1.82) is 0 Å². The Morgan fingerprint density at radius 2 is 1.88 bits per heavy atom. The van der Waals surface area contributed by atoms with Gasteiger partial charge in [0, 0.05) is 32.6 Å². The summed E-state index contributed by atoms with van der Waals surface area (Å²) in [6.07, 6.45) is 0.430. The molecule has 2 aromatic carbocycles. The smallest absolute Gasteiger partial charge is 0.225 e. The van der Waals surface area contributed by atoms with Crippen molar-refractivity contribution in [3.05, 3.63) is 74.6 Å². The van der Waals surface area contributed by atoms with Crippen LogP contribution in [-0.4, -0.2) is 5.91 Å². The highest BCUT2D eigenvalue weighted by molar-refractivity contribution is 9.10. The Bertz CT molecular complexity index is 919. The first-order chi connectivity index (χ1) is 11.6. The largest absolute Gasteiger partial charge is 0.325 e. The van der Waals surface area contributed by atoms with Gasteiger partial charge in [0.2, 0.25) is 5.91 Å². The molecule has 1 aliphatic rings. The minimum absolute atomic E-state index is 0.00464. The zero-order valence-corrected chi connectivity index (χ0v) is 15.0. The van der Waals surface area contributed by atoms with Crippen LogP contribution in [0.3, 0.4) is 0 Å². The van der Waals surface area contributed by atoms with Crippen LogP contribution in [0.2, 0.25) is 0 Å². The van der Waals surface area contributed by atoms with E-state index in [1.54, 1.807) is 23.5 Å². The Balaban J connectivity index is 1.83. The normalized spacial score (nSPS) is 16.6. The molecule has 4 rings (SSSR count). The predicted molar refractivity (Wildman–Crippen MR) is 98.9 cm³/mol. The molecule has 0 saturated heterocycles. The molecule has 2 nitrogen and oxygen atoms in total. The van der Waals surface area contributed by atoms with Crippen LogP contribution in [0, 0.1) is 5.82 Å². The van der Waals surface area contributed by atoms with Gasteiger partial charge in [-0.2, -0.15) is 0 Å². The van der Waals surface area contributed by atoms with Crippen molar-refractivity contribution in [2.45, 2.75) is 12.3 Å². The highest BCUT2D eigenvalue weighted by atomic mass is 79.9. The van der Waals surface area contributed by atoms with E-state index in [1.165, 1.54) is 12.1 Å². The molecule has 0 bridgehead atoms. The van der Waals surface area contributed by atoms with E-state index in [2.05, 4.69) is 27.3 Å². The molecule has 1 atom stereocenters. The molecular formula is C19H13BrFNOS. The third-order valence-electron chi connectivity index (χ3n) is 4.23. The molecule has 120 valence electrons. The summed E-state index contributed by atoms with van der Waals surface area (Å²) in [5.41, 5.74) is 3.81. The van der Waals surface area contributed by atoms with E-state index >= 15 is 0 Å². The Labute approximate surface area is 151 Å². The zero-order valence-electron chi connectivity index (χ0n) is 12.6. The third-order valence-corrected chi connectivity index (χ3v) is 6.04. The summed E-state index contributed by atoms with van der Waals surface area (Å²) >= 11 is 5.23. The molecule has 3 aromatic rings. The topological polar surface area (TPSA) is 29.1 Å². The number of hydrogen-bond acceptors (Lipinski definition) is 2. The van der Waals surface area contributed by atoms with Crippen LogP contribution in [0.4, 0.5) is 10.1 Å². The van der Waals surface area contributed by atoms with Crippen molar-refractivity contribution < 1.29 is 9.18 Å². The zero-order chi connectivity index (χ0) is 16.7. The molecule has 0 saturated carbocycles. The summed E-state index contributed by atoms with van der Waals surface area (Å²) in [4.78, 5) is 13.4. The molecule has 1 unspecified atom stereocenters. The van der Waals surface area contributed by atoms with E-state index in [0.29, 0.717) is 6.42 Å². The van der Waals surface area contributed by atoms with Crippen molar-refractivity contribution in [3.8, 4) is 11.1 Å². The maximum Gasteiger partial charge on any atom is 0.225 e. The second-order valence-electron chi connectivity index (χ2n) is 5.72. The van der Waals surface area contributed by atoms with Gasteiger partial charge in [-0.25, -0.2) is 4.39 Å². The van der Waals surface area contributed by atoms with Crippen molar-refractivity contribution in [3.63, 3.8) is 0 Å². The lowest BCUT2D eigenvalue weighted by atomic mass is 9.89. The fourth-order valence-electron chi connectivity index (χ4n) is 3.08. The first kappa shape index (κ1) is 15.5. The van der Waals surface area contributed by atoms with Crippen LogP contribution >= 0.6 is 27.3 Å². The second kappa shape index (κ2) is 6.15. The van der Waals surface area contributed by atoms with E-state index < -0.39 is 0 Å². The number of carbonyl (C=O) groups excluding carboxylic acids is 1. The molecule has 1 N–H and O–H groups in total. The highest BCUT2D eigenvalue weighted by Crippen LogP contribution is 2.47. The van der Waals surface area contributed by atoms with E-state index in [-0.39, 0.29) is 17.6 Å². The Kier molecular flexibility index (Phi) is 3.98. The van der Waals surface area contributed by atoms with Crippen LogP contribution in [-0.2, 0) is 4.79 Å². The summed E-state index contributed by atoms with van der Waals surface area (Å²) in [6.45, 7) is 0. The van der Waals surface area contributed by atoms with Crippen molar-refractivity contribution in [2.24, 2.45) is 0 Å². The Morgan fingerprint density at radius 3 is 2.62 bits per heavy atom. The number of nitrogens with one attached hydrogen (secondary N) is 1. The monoisotopic (exact) mass is 401 g/mol. The molecule has 1 aliphatic heterocycles. The molecule has 1 aromatic heterocycles. The number of halogens is 2. The number of benzene rings is 2. The molecule has 2 heterocycles. The number of amides is 1. The summed E-state index contributed by atoms with van der Waals surface area (Å²) in [5.74, 6) is -0.230. The van der Waals surface area contributed by atoms with E-state index in [0.717, 1.165) is 31.7 Å². The van der Waals surface area contributed by atoms with Crippen LogP contribution < -0.4 is 5.32 Å². The molecule has 24 heavy (non-hydrogen) atoms. The third kappa shape index (κ3) is 2.68. The van der Waals surface area contributed by atoms with Gasteiger partial charge in [0.15, 0.2) is 0 Å². The van der Waals surface area contributed by atoms with Crippen LogP contribution in [0.25, 0.3) is 11.1 Å². The number of fused-ring (bicyclic) bond motifs is 1. The fourth-order valence-corrected chi connectivity index (χ4v) is 4.79. The summed E-state index contributed by atoms with van der Waals surface area (Å²) in [6, 6.07) is 14.4. The van der Waals surface area contributed by atoms with Gasteiger partial charge < -0.3 is 5.32 Å². The van der Waals surface area contributed by atoms with Crippen molar-refractivity contribution in [2.75, 3.05) is 5.32 Å². The lowest BCUT2D eigenvalue weighted by Crippen LogP contribution is -2.22. The first-order valence-electron chi connectivity index (χ1n) is 7.55. The molecule has 0 fully saturated rings. The predicted octanol–water partition coefficient (Wildman–Crippen LogP) is 5.79. The van der Waals surface area contributed by atoms with Crippen LogP contribution in [0.1, 0.15) is 22.8 Å². The molecule has 0 spiro atoms. The SMILES string of the molecule is O=C1CC(c2ccccc2Br)c2scc(-c3ccc(F)cc3)c2N1. The number of rotatable bonds is 2. The molecule has 0 aliphatic carbocycles. The Morgan fingerprint density at radius 1 is 1.12 bits per heavy atom. The maximum absolute atomic E-state index is 13.2. The van der Waals surface area contributed by atoms with Gasteiger partial charge in [-0.05, 0) is 29.3 Å². The van der Waals surface area contributed by atoms with E-state index in [1.807, 2.05) is 23.6 Å². The van der Waals surface area contributed by atoms with Gasteiger partial charge in [-0.3, -0.25) is 4.79 Å². The summed E-state index contributed by atoms with van der Waals surface area (Å²) < 4.78 is 14.2. The van der Waals surface area contributed by atoms with Crippen LogP contribution in [0.5, 0.6) is 0 Å². The minimum Gasteiger partial charge on any atom is -0.325 e. The van der Waals surface area contributed by atoms with Crippen LogP contribution in [0.15, 0.2) is 58.4 Å². The molecule has 0 radical (unpaired) electrons. The molecule has 5 heteroatoms. The number of thiophene rings is 1. The van der Waals surface area contributed by atoms with E-state index in [9.17, 15) is 9.18 Å². The van der Waals surface area contributed by atoms with Crippen molar-refractivity contribution >= 4 is 38.9 Å². The minimum atomic E-state index is -0.266. The number of anilines is 1. The average molecular weight is 402 g/mol. The average Bonchev–Trinajstić information content (AvgIpc) is 2.99. The number of carbonyl (C=O) groups is 1. The maximum atomic E-state index is 13.2. The number of hydrogen-bond donors (Lipinski definition) is 1. The summed E-state index contributed by atoms with van der Waals surface area (Å²) in [7, 11) is 0. The standard InChI is InChI=1S/C19H13BrFNOS/c20-16-4-2-1-3-13(16)14-9-17(23)22-18-15(10-24-19(14)18)11-5-7-12(21)8-6-11/h1-8,10,14H,9H2,(H,22,23). The van der Waals surface area contributed by atoms with Gasteiger partial charge in [-0.1, -0.05) is 46.3 Å². The van der Waals surface area contributed by atoms with Gasteiger partial charge in [0.25, 0.3) is 0 Å². The van der Waals surface area contributed by atoms with Gasteiger partial charge in [0.05, 0.1) is 5.69 Å². The van der Waals surface area contributed by atoms with Gasteiger partial charge in [0.1, 0.15) is 5.82 Å². The highest BCUT2D eigenvalue weighted by Gasteiger charge is 2.31. The van der Waals surface area contributed by atoms with Gasteiger partial charge >= 0.3 is 0 Å². The fraction of sp³-hybridized carbons (Fsp3) is 0.105. The quantitative estimate of drug-likeness (QED) is 0.578. The first-order valence-corrected chi connectivity index (χ1v) is 9.22. The van der Waals surface area contributed by atoms with E-state index in [4.69, 9.17) is 0 Å². The summed E-state index contributed by atoms with van der Waals surface area (Å²) in [5, 5.41) is 5.04. The van der Waals surface area contributed by atoms with Gasteiger partial charge in [-0.15, -0.1) is 11.3 Å². The molecule has 1 amide bonds. The lowest BCUT2D eigenvalue weighted by Gasteiger charge is -2.24. The second-order valence-corrected chi connectivity index (χ2v) is 7.49. The van der Waals surface area contributed by atoms with Crippen molar-refractivity contribution in [1.82, 2.24) is 0 Å². The Hall–Kier alpha value is -1.98.